The summed E-state index contributed by atoms with van der Waals surface area (Å²) in [6.45, 7) is 3.55. The van der Waals surface area contributed by atoms with E-state index in [-0.39, 0.29) is 12.2 Å². The number of rotatable bonds is 7. The fourth-order valence-electron chi connectivity index (χ4n) is 4.19. The second-order valence-corrected chi connectivity index (χ2v) is 8.47. The fourth-order valence-corrected chi connectivity index (χ4v) is 4.19. The number of benzene rings is 2. The van der Waals surface area contributed by atoms with Crippen molar-refractivity contribution < 1.29 is 42.5 Å². The Hall–Kier alpha value is -4.02. The molecule has 3 aromatic rings. The van der Waals surface area contributed by atoms with Gasteiger partial charge in [0.15, 0.2) is 12.2 Å². The summed E-state index contributed by atoms with van der Waals surface area (Å²) in [5.74, 6) is -2.12. The van der Waals surface area contributed by atoms with Crippen molar-refractivity contribution in [2.45, 2.75) is 58.1 Å². The summed E-state index contributed by atoms with van der Waals surface area (Å²) < 4.78 is 33.9. The Morgan fingerprint density at radius 3 is 2.08 bits per heavy atom. The molecule has 1 aliphatic rings. The molecule has 0 unspecified atom stereocenters. The Morgan fingerprint density at radius 1 is 0.784 bits per heavy atom. The minimum Gasteiger partial charge on any atom is -0.456 e. The first-order valence-electron chi connectivity index (χ1n) is 11.6. The number of carbonyl (C=O) groups is 3. The number of hydrogen-bond donors (Lipinski definition) is 0. The van der Waals surface area contributed by atoms with Crippen molar-refractivity contribution in [2.24, 2.45) is 0 Å². The quantitative estimate of drug-likeness (QED) is 0.266. The van der Waals surface area contributed by atoms with Gasteiger partial charge in [-0.05, 0) is 17.7 Å². The van der Waals surface area contributed by atoms with Gasteiger partial charge in [-0.25, -0.2) is 4.79 Å². The predicted octanol–water partition coefficient (Wildman–Crippen LogP) is 3.20. The monoisotopic (exact) mass is 510 g/mol. The van der Waals surface area contributed by atoms with Gasteiger partial charge in [0, 0.05) is 26.2 Å². The summed E-state index contributed by atoms with van der Waals surface area (Å²) in [5.41, 5.74) is 0.400. The van der Waals surface area contributed by atoms with Crippen LogP contribution in [0.4, 0.5) is 0 Å². The largest absolute Gasteiger partial charge is 0.456 e. The third-order valence-corrected chi connectivity index (χ3v) is 5.64. The van der Waals surface area contributed by atoms with Crippen LogP contribution in [0.25, 0.3) is 11.0 Å². The number of fused-ring (bicyclic) bond motifs is 1. The highest BCUT2D eigenvalue weighted by atomic mass is 16.7. The summed E-state index contributed by atoms with van der Waals surface area (Å²) >= 11 is 0. The van der Waals surface area contributed by atoms with Crippen molar-refractivity contribution in [3.63, 3.8) is 0 Å². The van der Waals surface area contributed by atoms with E-state index in [1.165, 1.54) is 13.8 Å². The van der Waals surface area contributed by atoms with Crippen molar-refractivity contribution >= 4 is 28.9 Å². The molecule has 2 aromatic carbocycles. The molecule has 1 aromatic heterocycles. The summed E-state index contributed by atoms with van der Waals surface area (Å²) in [7, 11) is 0. The van der Waals surface area contributed by atoms with Crippen LogP contribution in [0, 0.1) is 0 Å². The van der Waals surface area contributed by atoms with Crippen LogP contribution in [0.5, 0.6) is 0 Å². The molecule has 0 aliphatic carbocycles. The maximum atomic E-state index is 13.0. The van der Waals surface area contributed by atoms with Crippen LogP contribution in [0.15, 0.2) is 69.9 Å². The second kappa shape index (κ2) is 11.4. The van der Waals surface area contributed by atoms with Gasteiger partial charge in [-0.2, -0.15) is 0 Å². The molecule has 0 saturated carbocycles. The molecular weight excluding hydrogens is 484 g/mol. The van der Waals surface area contributed by atoms with E-state index in [0.717, 1.165) is 12.5 Å². The number of carbonyl (C=O) groups excluding carboxylic acids is 3. The van der Waals surface area contributed by atoms with Crippen molar-refractivity contribution in [2.75, 3.05) is 0 Å². The Labute approximate surface area is 212 Å². The molecule has 10 heteroatoms. The molecule has 37 heavy (non-hydrogen) atoms. The van der Waals surface area contributed by atoms with Gasteiger partial charge in [0.25, 0.3) is 0 Å². The van der Waals surface area contributed by atoms with E-state index in [9.17, 15) is 19.2 Å². The third kappa shape index (κ3) is 6.22. The Morgan fingerprint density at radius 2 is 1.41 bits per heavy atom. The van der Waals surface area contributed by atoms with Crippen LogP contribution in [-0.4, -0.2) is 42.5 Å². The van der Waals surface area contributed by atoms with Gasteiger partial charge in [0.05, 0.1) is 12.2 Å². The van der Waals surface area contributed by atoms with E-state index >= 15 is 0 Å². The lowest BCUT2D eigenvalue weighted by molar-refractivity contribution is -0.304. The zero-order valence-electron chi connectivity index (χ0n) is 20.4. The van der Waals surface area contributed by atoms with Gasteiger partial charge in [0.2, 0.25) is 6.29 Å². The first kappa shape index (κ1) is 26.1. The summed E-state index contributed by atoms with van der Waals surface area (Å²) in [6.07, 6.45) is -6.49. The van der Waals surface area contributed by atoms with E-state index in [0.29, 0.717) is 11.0 Å². The van der Waals surface area contributed by atoms with Crippen molar-refractivity contribution in [3.8, 4) is 0 Å². The second-order valence-electron chi connectivity index (χ2n) is 8.47. The first-order valence-corrected chi connectivity index (χ1v) is 11.6. The van der Waals surface area contributed by atoms with Crippen LogP contribution in [0.1, 0.15) is 38.0 Å². The van der Waals surface area contributed by atoms with E-state index in [1.54, 1.807) is 30.3 Å². The van der Waals surface area contributed by atoms with Crippen molar-refractivity contribution in [1.82, 2.24) is 0 Å². The van der Waals surface area contributed by atoms with Gasteiger partial charge in [-0.1, -0.05) is 48.5 Å². The molecule has 1 fully saturated rings. The fraction of sp³-hybridized carbons (Fsp3) is 0.333. The molecule has 194 valence electrons. The Bertz CT molecular complexity index is 1330. The summed E-state index contributed by atoms with van der Waals surface area (Å²) in [5, 5.41) is 0.593. The Kier molecular flexibility index (Phi) is 8.00. The van der Waals surface area contributed by atoms with E-state index in [1.807, 2.05) is 30.3 Å². The van der Waals surface area contributed by atoms with Crippen LogP contribution in [-0.2, 0) is 44.7 Å². The molecule has 5 atom stereocenters. The van der Waals surface area contributed by atoms with Gasteiger partial charge in [-0.15, -0.1) is 0 Å². The number of para-hydroxylation sites is 1. The molecule has 0 radical (unpaired) electrons. The van der Waals surface area contributed by atoms with E-state index in [4.69, 9.17) is 28.1 Å². The van der Waals surface area contributed by atoms with E-state index in [2.05, 4.69) is 0 Å². The maximum absolute atomic E-state index is 13.0. The van der Waals surface area contributed by atoms with Gasteiger partial charge in [0.1, 0.15) is 17.8 Å². The highest BCUT2D eigenvalue weighted by Gasteiger charge is 2.53. The maximum Gasteiger partial charge on any atom is 0.342 e. The van der Waals surface area contributed by atoms with Crippen LogP contribution in [0.2, 0.25) is 0 Å². The van der Waals surface area contributed by atoms with Crippen LogP contribution in [0.3, 0.4) is 0 Å². The molecule has 1 saturated heterocycles. The van der Waals surface area contributed by atoms with Gasteiger partial charge < -0.3 is 28.1 Å². The average molecular weight is 510 g/mol. The zero-order chi connectivity index (χ0) is 26.5. The summed E-state index contributed by atoms with van der Waals surface area (Å²) in [4.78, 5) is 49.1. The molecule has 10 nitrogen and oxygen atoms in total. The Balaban J connectivity index is 1.81. The highest BCUT2D eigenvalue weighted by Crippen LogP contribution is 2.38. The number of esters is 3. The zero-order valence-corrected chi connectivity index (χ0v) is 20.4. The molecular formula is C27H26O10. The minimum absolute atomic E-state index is 0.0108. The normalized spacial score (nSPS) is 23.3. The highest BCUT2D eigenvalue weighted by molar-refractivity contribution is 5.77. The predicted molar refractivity (Wildman–Crippen MR) is 128 cm³/mol. The van der Waals surface area contributed by atoms with Crippen molar-refractivity contribution in [1.29, 1.82) is 0 Å². The van der Waals surface area contributed by atoms with Gasteiger partial charge in [-0.3, -0.25) is 14.4 Å². The standard InChI is InChI=1S/C27H26O10/c1-15(28)33-24-22(20-13-19-11-7-8-12-21(19)36-26(20)31)37-27(35-17(3)30)25(34-16(2)29)23(24)32-14-18-9-5-4-6-10-18/h4-13,22-25,27H,14H2,1-3H3/t22-,23+,24-,25-,27-/m1/s1. The lowest BCUT2D eigenvalue weighted by Crippen LogP contribution is -2.59. The van der Waals surface area contributed by atoms with E-state index < -0.39 is 54.2 Å². The lowest BCUT2D eigenvalue weighted by Gasteiger charge is -2.44. The summed E-state index contributed by atoms with van der Waals surface area (Å²) in [6, 6.07) is 17.5. The van der Waals surface area contributed by atoms with Crippen LogP contribution >= 0.6 is 0 Å². The lowest BCUT2D eigenvalue weighted by atomic mass is 9.93. The average Bonchev–Trinajstić information content (AvgIpc) is 2.84. The van der Waals surface area contributed by atoms with Gasteiger partial charge >= 0.3 is 23.5 Å². The molecule has 1 aliphatic heterocycles. The molecule has 0 spiro atoms. The van der Waals surface area contributed by atoms with Crippen molar-refractivity contribution in [3.05, 3.63) is 82.2 Å². The topological polar surface area (TPSA) is 128 Å². The smallest absolute Gasteiger partial charge is 0.342 e. The molecule has 0 bridgehead atoms. The number of hydrogen-bond acceptors (Lipinski definition) is 10. The van der Waals surface area contributed by atoms with Crippen LogP contribution < -0.4 is 5.63 Å². The molecule has 4 rings (SSSR count). The molecule has 0 amide bonds. The first-order chi connectivity index (χ1) is 17.7. The third-order valence-electron chi connectivity index (χ3n) is 5.64. The molecule has 0 N–H and O–H groups in total. The number of ether oxygens (including phenoxy) is 5. The molecule has 2 heterocycles. The minimum atomic E-state index is -1.47. The SMILES string of the molecule is CC(=O)O[C@@H]1O[C@H](c2cc3ccccc3oc2=O)[C@@H](OC(C)=O)[C@H](OCc2ccccc2)[C@H]1OC(C)=O.